The zero-order chi connectivity index (χ0) is 15.6. The maximum atomic E-state index is 12.6. The van der Waals surface area contributed by atoms with E-state index in [4.69, 9.17) is 23.2 Å². The topological polar surface area (TPSA) is 29.1 Å². The molecule has 2 rings (SSSR count). The molecule has 21 heavy (non-hydrogen) atoms. The Hall–Kier alpha value is -1.72. The normalized spacial score (nSPS) is 11.3. The number of amides is 1. The van der Waals surface area contributed by atoms with E-state index in [0.29, 0.717) is 0 Å². The molecule has 0 aromatic heterocycles. The van der Waals surface area contributed by atoms with Crippen LogP contribution < -0.4 is 5.32 Å². The number of carbonyl (C=O) groups is 1. The summed E-state index contributed by atoms with van der Waals surface area (Å²) in [6.07, 6.45) is -4.48. The van der Waals surface area contributed by atoms with Gasteiger partial charge in [0.2, 0.25) is 0 Å². The molecule has 0 heterocycles. The largest absolute Gasteiger partial charge is 0.416 e. The molecule has 0 spiro atoms. The zero-order valence-corrected chi connectivity index (χ0v) is 11.9. The van der Waals surface area contributed by atoms with E-state index in [1.54, 1.807) is 6.07 Å². The van der Waals surface area contributed by atoms with Gasteiger partial charge in [0.05, 0.1) is 21.2 Å². The summed E-state index contributed by atoms with van der Waals surface area (Å²) in [6.45, 7) is 0. The highest BCUT2D eigenvalue weighted by molar-refractivity contribution is 6.40. The van der Waals surface area contributed by atoms with Crippen LogP contribution in [0.1, 0.15) is 15.9 Å². The molecule has 0 aliphatic rings. The Morgan fingerprint density at radius 2 is 1.57 bits per heavy atom. The van der Waals surface area contributed by atoms with Crippen molar-refractivity contribution < 1.29 is 18.0 Å². The van der Waals surface area contributed by atoms with E-state index >= 15 is 0 Å². The summed E-state index contributed by atoms with van der Waals surface area (Å²) in [4.78, 5) is 12.1. The number of anilines is 1. The van der Waals surface area contributed by atoms with Crippen molar-refractivity contribution in [3.8, 4) is 0 Å². The lowest BCUT2D eigenvalue weighted by Gasteiger charge is -2.11. The number of benzene rings is 2. The summed E-state index contributed by atoms with van der Waals surface area (Å²) in [5.41, 5.74) is -0.838. The molecule has 0 saturated heterocycles. The molecule has 0 unspecified atom stereocenters. The van der Waals surface area contributed by atoms with Crippen molar-refractivity contribution >= 4 is 34.8 Å². The second-order valence-electron chi connectivity index (χ2n) is 4.13. The second kappa shape index (κ2) is 5.95. The maximum absolute atomic E-state index is 12.6. The van der Waals surface area contributed by atoms with Gasteiger partial charge in [0, 0.05) is 5.69 Å². The molecule has 2 aromatic carbocycles. The number of rotatable bonds is 2. The van der Waals surface area contributed by atoms with Gasteiger partial charge in [0.25, 0.3) is 5.91 Å². The highest BCUT2D eigenvalue weighted by Gasteiger charge is 2.30. The molecule has 2 nitrogen and oxygen atoms in total. The van der Waals surface area contributed by atoms with Crippen molar-refractivity contribution in [2.24, 2.45) is 0 Å². The quantitative estimate of drug-likeness (QED) is 0.797. The average Bonchev–Trinajstić information content (AvgIpc) is 2.37. The first-order valence-electron chi connectivity index (χ1n) is 5.71. The molecule has 0 atom stereocenters. The first-order valence-corrected chi connectivity index (χ1v) is 6.47. The van der Waals surface area contributed by atoms with Crippen molar-refractivity contribution in [2.45, 2.75) is 6.18 Å². The Kier molecular flexibility index (Phi) is 4.44. The Bertz CT molecular complexity index is 666. The van der Waals surface area contributed by atoms with Gasteiger partial charge in [-0.05, 0) is 30.3 Å². The fourth-order valence-corrected chi connectivity index (χ4v) is 2.25. The zero-order valence-electron chi connectivity index (χ0n) is 10.3. The van der Waals surface area contributed by atoms with Gasteiger partial charge in [-0.3, -0.25) is 4.79 Å². The molecule has 0 radical (unpaired) electrons. The van der Waals surface area contributed by atoms with Crippen molar-refractivity contribution in [3.05, 3.63) is 63.6 Å². The van der Waals surface area contributed by atoms with E-state index < -0.39 is 17.6 Å². The Labute approximate surface area is 128 Å². The number of hydrogen-bond donors (Lipinski definition) is 1. The third-order valence-electron chi connectivity index (χ3n) is 2.64. The molecule has 0 fully saturated rings. The fraction of sp³-hybridized carbons (Fsp3) is 0.0714. The van der Waals surface area contributed by atoms with Crippen LogP contribution in [-0.2, 0) is 6.18 Å². The van der Waals surface area contributed by atoms with Crippen LogP contribution in [-0.4, -0.2) is 5.91 Å². The van der Waals surface area contributed by atoms with Gasteiger partial charge in [-0.15, -0.1) is 0 Å². The van der Waals surface area contributed by atoms with Gasteiger partial charge < -0.3 is 5.32 Å². The predicted octanol–water partition coefficient (Wildman–Crippen LogP) is 5.26. The minimum absolute atomic E-state index is 0.00538. The smallest absolute Gasteiger partial charge is 0.322 e. The first-order chi connectivity index (χ1) is 9.79. The molecule has 110 valence electrons. The molecule has 1 N–H and O–H groups in total. The number of halogens is 5. The summed E-state index contributed by atoms with van der Waals surface area (Å²) < 4.78 is 37.8. The van der Waals surface area contributed by atoms with E-state index in [1.165, 1.54) is 24.3 Å². The van der Waals surface area contributed by atoms with E-state index in [1.807, 2.05) is 0 Å². The molecule has 0 aliphatic heterocycles. The standard InChI is InChI=1S/C14H8Cl2F3NO/c15-10-5-2-6-11(16)12(10)13(21)20-9-4-1-3-8(7-9)14(17,18)19/h1-7H,(H,20,21). The minimum Gasteiger partial charge on any atom is -0.322 e. The molecule has 0 saturated carbocycles. The van der Waals surface area contributed by atoms with Gasteiger partial charge in [0.1, 0.15) is 0 Å². The Morgan fingerprint density at radius 3 is 2.14 bits per heavy atom. The summed E-state index contributed by atoms with van der Waals surface area (Å²) in [7, 11) is 0. The van der Waals surface area contributed by atoms with Crippen LogP contribution >= 0.6 is 23.2 Å². The molecule has 7 heteroatoms. The van der Waals surface area contributed by atoms with Gasteiger partial charge >= 0.3 is 6.18 Å². The molecule has 0 bridgehead atoms. The van der Waals surface area contributed by atoms with Crippen molar-refractivity contribution in [2.75, 3.05) is 5.32 Å². The van der Waals surface area contributed by atoms with Crippen LogP contribution in [0.15, 0.2) is 42.5 Å². The predicted molar refractivity (Wildman–Crippen MR) is 75.9 cm³/mol. The second-order valence-corrected chi connectivity index (χ2v) is 4.94. The average molecular weight is 334 g/mol. The van der Waals surface area contributed by atoms with E-state index in [0.717, 1.165) is 12.1 Å². The minimum atomic E-state index is -4.48. The molecular weight excluding hydrogens is 326 g/mol. The summed E-state index contributed by atoms with van der Waals surface area (Å²) in [5.74, 6) is -0.676. The molecule has 0 aliphatic carbocycles. The Balaban J connectivity index is 2.28. The van der Waals surface area contributed by atoms with Crippen molar-refractivity contribution in [1.82, 2.24) is 0 Å². The van der Waals surface area contributed by atoms with Gasteiger partial charge in [-0.1, -0.05) is 35.3 Å². The first kappa shape index (κ1) is 15.7. The van der Waals surface area contributed by atoms with Crippen LogP contribution in [0.3, 0.4) is 0 Å². The van der Waals surface area contributed by atoms with Crippen molar-refractivity contribution in [3.63, 3.8) is 0 Å². The van der Waals surface area contributed by atoms with Crippen LogP contribution in [0, 0.1) is 0 Å². The number of alkyl halides is 3. The lowest BCUT2D eigenvalue weighted by molar-refractivity contribution is -0.137. The van der Waals surface area contributed by atoms with E-state index in [9.17, 15) is 18.0 Å². The molecule has 1 amide bonds. The monoisotopic (exact) mass is 333 g/mol. The van der Waals surface area contributed by atoms with Crippen LogP contribution in [0.2, 0.25) is 10.0 Å². The fourth-order valence-electron chi connectivity index (χ4n) is 1.68. The summed E-state index contributed by atoms with van der Waals surface area (Å²) in [6, 6.07) is 8.79. The van der Waals surface area contributed by atoms with E-state index in [-0.39, 0.29) is 21.3 Å². The van der Waals surface area contributed by atoms with Crippen LogP contribution in [0.5, 0.6) is 0 Å². The van der Waals surface area contributed by atoms with Gasteiger partial charge in [0.15, 0.2) is 0 Å². The molecular formula is C14H8Cl2F3NO. The third-order valence-corrected chi connectivity index (χ3v) is 3.27. The highest BCUT2D eigenvalue weighted by Crippen LogP contribution is 2.31. The van der Waals surface area contributed by atoms with Gasteiger partial charge in [-0.2, -0.15) is 13.2 Å². The number of nitrogens with one attached hydrogen (secondary N) is 1. The van der Waals surface area contributed by atoms with Crippen LogP contribution in [0.4, 0.5) is 18.9 Å². The lowest BCUT2D eigenvalue weighted by atomic mass is 10.1. The third kappa shape index (κ3) is 3.68. The van der Waals surface area contributed by atoms with Gasteiger partial charge in [-0.25, -0.2) is 0 Å². The van der Waals surface area contributed by atoms with Crippen molar-refractivity contribution in [1.29, 1.82) is 0 Å². The maximum Gasteiger partial charge on any atom is 0.416 e. The summed E-state index contributed by atoms with van der Waals surface area (Å²) in [5, 5.41) is 2.58. The Morgan fingerprint density at radius 1 is 1.00 bits per heavy atom. The lowest BCUT2D eigenvalue weighted by Crippen LogP contribution is -2.14. The molecule has 2 aromatic rings. The number of hydrogen-bond acceptors (Lipinski definition) is 1. The van der Waals surface area contributed by atoms with E-state index in [2.05, 4.69) is 5.32 Å². The highest BCUT2D eigenvalue weighted by atomic mass is 35.5. The SMILES string of the molecule is O=C(Nc1cccc(C(F)(F)F)c1)c1c(Cl)cccc1Cl. The van der Waals surface area contributed by atoms with Crippen LogP contribution in [0.25, 0.3) is 0 Å². The number of carbonyl (C=O) groups excluding carboxylic acids is 1. The summed E-state index contributed by atoms with van der Waals surface area (Å²) >= 11 is 11.7.